The Bertz CT molecular complexity index is 416. The number of rotatable bonds is 2. The van der Waals surface area contributed by atoms with Crippen molar-refractivity contribution in [3.63, 3.8) is 0 Å². The van der Waals surface area contributed by atoms with E-state index >= 15 is 0 Å². The summed E-state index contributed by atoms with van der Waals surface area (Å²) in [5, 5.41) is 0. The second-order valence-electron chi connectivity index (χ2n) is 3.50. The lowest BCUT2D eigenvalue weighted by Crippen LogP contribution is -2.51. The van der Waals surface area contributed by atoms with Crippen LogP contribution in [0.3, 0.4) is 0 Å². The molecule has 1 unspecified atom stereocenters. The van der Waals surface area contributed by atoms with Crippen LogP contribution in [-0.2, 0) is 14.3 Å². The quantitative estimate of drug-likeness (QED) is 0.746. The Kier molecular flexibility index (Phi) is 3.90. The first-order valence-corrected chi connectivity index (χ1v) is 5.91. The molecule has 2 rings (SSSR count). The minimum absolute atomic E-state index is 0.309. The van der Waals surface area contributed by atoms with E-state index in [2.05, 4.69) is 25.9 Å². The molecule has 0 aliphatic carbocycles. The Morgan fingerprint density at radius 3 is 3.24 bits per heavy atom. The van der Waals surface area contributed by atoms with Gasteiger partial charge in [0.15, 0.2) is 6.04 Å². The zero-order valence-electron chi connectivity index (χ0n) is 9.30. The van der Waals surface area contributed by atoms with Crippen molar-refractivity contribution in [3.8, 4) is 0 Å². The predicted octanol–water partition coefficient (Wildman–Crippen LogP) is 0.617. The smallest absolute Gasteiger partial charge is 0.330 e. The molecule has 0 aromatic carbocycles. The number of morpholine rings is 1. The van der Waals surface area contributed by atoms with E-state index < -0.39 is 6.04 Å². The zero-order valence-corrected chi connectivity index (χ0v) is 10.9. The van der Waals surface area contributed by atoms with Crippen molar-refractivity contribution in [3.05, 3.63) is 17.0 Å². The summed E-state index contributed by atoms with van der Waals surface area (Å²) in [5.74, 6) is 0.355. The molecule has 1 aromatic rings. The third-order valence-corrected chi connectivity index (χ3v) is 3.08. The van der Waals surface area contributed by atoms with Crippen molar-refractivity contribution < 1.29 is 14.3 Å². The van der Waals surface area contributed by atoms with Crippen LogP contribution in [0.4, 0.5) is 5.82 Å². The SMILES string of the molecule is COC(=O)C1COCCN1c1ncncc1Br. The number of ether oxygens (including phenoxy) is 2. The van der Waals surface area contributed by atoms with E-state index in [0.29, 0.717) is 25.6 Å². The van der Waals surface area contributed by atoms with Crippen LogP contribution in [0.5, 0.6) is 0 Å². The Labute approximate surface area is 107 Å². The molecule has 1 aliphatic heterocycles. The first kappa shape index (κ1) is 12.3. The number of hydrogen-bond donors (Lipinski definition) is 0. The molecule has 7 heteroatoms. The highest BCUT2D eigenvalue weighted by Crippen LogP contribution is 2.25. The number of carbonyl (C=O) groups is 1. The molecule has 1 atom stereocenters. The number of methoxy groups -OCH3 is 1. The summed E-state index contributed by atoms with van der Waals surface area (Å²) in [6.45, 7) is 1.46. The number of anilines is 1. The molecule has 1 aromatic heterocycles. The summed E-state index contributed by atoms with van der Waals surface area (Å²) in [6.07, 6.45) is 3.09. The normalized spacial score (nSPS) is 20.1. The fourth-order valence-corrected chi connectivity index (χ4v) is 2.15. The maximum Gasteiger partial charge on any atom is 0.330 e. The van der Waals surface area contributed by atoms with Crippen LogP contribution >= 0.6 is 15.9 Å². The fourth-order valence-electron chi connectivity index (χ4n) is 1.71. The van der Waals surface area contributed by atoms with E-state index in [4.69, 9.17) is 9.47 Å². The lowest BCUT2D eigenvalue weighted by molar-refractivity contribution is -0.144. The van der Waals surface area contributed by atoms with Crippen molar-refractivity contribution in [2.75, 3.05) is 31.8 Å². The summed E-state index contributed by atoms with van der Waals surface area (Å²) in [7, 11) is 1.37. The van der Waals surface area contributed by atoms with Crippen molar-refractivity contribution in [1.29, 1.82) is 0 Å². The van der Waals surface area contributed by atoms with Crippen molar-refractivity contribution >= 4 is 27.7 Å². The maximum absolute atomic E-state index is 11.7. The molecule has 0 N–H and O–H groups in total. The molecule has 1 fully saturated rings. The molecule has 0 bridgehead atoms. The highest BCUT2D eigenvalue weighted by molar-refractivity contribution is 9.10. The van der Waals surface area contributed by atoms with E-state index in [1.807, 2.05) is 4.90 Å². The number of hydrogen-bond acceptors (Lipinski definition) is 6. The largest absolute Gasteiger partial charge is 0.467 e. The van der Waals surface area contributed by atoms with Gasteiger partial charge in [-0.25, -0.2) is 14.8 Å². The summed E-state index contributed by atoms with van der Waals surface area (Å²) < 4.78 is 10.8. The summed E-state index contributed by atoms with van der Waals surface area (Å²) in [4.78, 5) is 21.6. The predicted molar refractivity (Wildman–Crippen MR) is 63.7 cm³/mol. The van der Waals surface area contributed by atoms with Gasteiger partial charge >= 0.3 is 5.97 Å². The van der Waals surface area contributed by atoms with Gasteiger partial charge in [-0.1, -0.05) is 0 Å². The van der Waals surface area contributed by atoms with E-state index in [1.165, 1.54) is 13.4 Å². The van der Waals surface area contributed by atoms with Crippen LogP contribution in [-0.4, -0.2) is 48.8 Å². The molecule has 1 saturated heterocycles. The third kappa shape index (κ3) is 2.55. The van der Waals surface area contributed by atoms with Crippen molar-refractivity contribution in [1.82, 2.24) is 9.97 Å². The second-order valence-corrected chi connectivity index (χ2v) is 4.36. The molecule has 17 heavy (non-hydrogen) atoms. The van der Waals surface area contributed by atoms with Crippen LogP contribution in [0, 0.1) is 0 Å². The average Bonchev–Trinajstić information content (AvgIpc) is 2.38. The molecule has 1 aliphatic rings. The van der Waals surface area contributed by atoms with Crippen molar-refractivity contribution in [2.45, 2.75) is 6.04 Å². The van der Waals surface area contributed by atoms with Gasteiger partial charge in [-0.2, -0.15) is 0 Å². The Balaban J connectivity index is 2.28. The molecular formula is C10H12BrN3O3. The number of esters is 1. The van der Waals surface area contributed by atoms with E-state index in [9.17, 15) is 4.79 Å². The van der Waals surface area contributed by atoms with Crippen LogP contribution in [0.1, 0.15) is 0 Å². The molecule has 92 valence electrons. The van der Waals surface area contributed by atoms with Gasteiger partial charge in [0, 0.05) is 12.7 Å². The molecular weight excluding hydrogens is 290 g/mol. The van der Waals surface area contributed by atoms with E-state index in [0.717, 1.165) is 4.47 Å². The van der Waals surface area contributed by atoms with Crippen LogP contribution in [0.25, 0.3) is 0 Å². The lowest BCUT2D eigenvalue weighted by Gasteiger charge is -2.34. The molecule has 0 spiro atoms. The fraction of sp³-hybridized carbons (Fsp3) is 0.500. The Morgan fingerprint density at radius 2 is 2.53 bits per heavy atom. The lowest BCUT2D eigenvalue weighted by atomic mass is 10.2. The number of nitrogens with zero attached hydrogens (tertiary/aromatic N) is 3. The monoisotopic (exact) mass is 301 g/mol. The summed E-state index contributed by atoms with van der Waals surface area (Å²) >= 11 is 3.37. The van der Waals surface area contributed by atoms with Crippen LogP contribution < -0.4 is 4.90 Å². The summed E-state index contributed by atoms with van der Waals surface area (Å²) in [5.41, 5.74) is 0. The summed E-state index contributed by atoms with van der Waals surface area (Å²) in [6, 6.07) is -0.458. The van der Waals surface area contributed by atoms with Gasteiger partial charge in [-0.15, -0.1) is 0 Å². The van der Waals surface area contributed by atoms with Gasteiger partial charge in [0.2, 0.25) is 0 Å². The van der Waals surface area contributed by atoms with Gasteiger partial charge in [0.1, 0.15) is 12.1 Å². The molecule has 2 heterocycles. The second kappa shape index (κ2) is 5.42. The molecule has 0 amide bonds. The van der Waals surface area contributed by atoms with E-state index in [-0.39, 0.29) is 5.97 Å². The zero-order chi connectivity index (χ0) is 12.3. The highest BCUT2D eigenvalue weighted by atomic mass is 79.9. The van der Waals surface area contributed by atoms with Gasteiger partial charge in [0.25, 0.3) is 0 Å². The Hall–Kier alpha value is -1.21. The number of halogens is 1. The molecule has 0 radical (unpaired) electrons. The topological polar surface area (TPSA) is 64.6 Å². The Morgan fingerprint density at radius 1 is 1.71 bits per heavy atom. The minimum Gasteiger partial charge on any atom is -0.467 e. The maximum atomic E-state index is 11.7. The van der Waals surface area contributed by atoms with Gasteiger partial charge in [0.05, 0.1) is 24.8 Å². The van der Waals surface area contributed by atoms with Crippen molar-refractivity contribution in [2.24, 2.45) is 0 Å². The highest BCUT2D eigenvalue weighted by Gasteiger charge is 2.32. The average molecular weight is 302 g/mol. The molecule has 6 nitrogen and oxygen atoms in total. The van der Waals surface area contributed by atoms with Gasteiger partial charge < -0.3 is 14.4 Å². The van der Waals surface area contributed by atoms with Gasteiger partial charge in [-0.3, -0.25) is 0 Å². The first-order chi connectivity index (χ1) is 8.24. The van der Waals surface area contributed by atoms with Crippen LogP contribution in [0.15, 0.2) is 17.0 Å². The third-order valence-electron chi connectivity index (χ3n) is 2.52. The number of aromatic nitrogens is 2. The first-order valence-electron chi connectivity index (χ1n) is 5.11. The van der Waals surface area contributed by atoms with Gasteiger partial charge in [-0.05, 0) is 15.9 Å². The minimum atomic E-state index is -0.458. The number of carbonyl (C=O) groups excluding carboxylic acids is 1. The molecule has 0 saturated carbocycles. The van der Waals surface area contributed by atoms with E-state index in [1.54, 1.807) is 6.20 Å². The standard InChI is InChI=1S/C10H12BrN3O3/c1-16-10(15)8-5-17-3-2-14(8)9-7(11)4-12-6-13-9/h4,6,8H,2-3,5H2,1H3. The van der Waals surface area contributed by atoms with Crippen LogP contribution in [0.2, 0.25) is 0 Å².